The third-order valence-corrected chi connectivity index (χ3v) is 7.05. The number of aromatic nitrogens is 4. The van der Waals surface area contributed by atoms with Crippen molar-refractivity contribution in [2.24, 2.45) is 0 Å². The van der Waals surface area contributed by atoms with E-state index in [0.29, 0.717) is 27.7 Å². The molecule has 2 aliphatic rings. The topological polar surface area (TPSA) is 97.2 Å². The summed E-state index contributed by atoms with van der Waals surface area (Å²) in [6.07, 6.45) is 9.05. The van der Waals surface area contributed by atoms with Crippen LogP contribution in [0.15, 0.2) is 36.8 Å². The summed E-state index contributed by atoms with van der Waals surface area (Å²) in [5.74, 6) is 0.0614. The molecule has 1 amide bonds. The van der Waals surface area contributed by atoms with Crippen molar-refractivity contribution >= 4 is 46.4 Å². The summed E-state index contributed by atoms with van der Waals surface area (Å²) in [4.78, 5) is 24.3. The van der Waals surface area contributed by atoms with Gasteiger partial charge in [-0.15, -0.1) is 0 Å². The Morgan fingerprint density at radius 3 is 2.57 bits per heavy atom. The second-order valence-electron chi connectivity index (χ2n) is 9.38. The minimum atomic E-state index is -0.458. The van der Waals surface area contributed by atoms with Gasteiger partial charge in [-0.1, -0.05) is 29.3 Å². The maximum Gasteiger partial charge on any atom is 0.262 e. The van der Waals surface area contributed by atoms with Gasteiger partial charge < -0.3 is 20.3 Å². The van der Waals surface area contributed by atoms with Gasteiger partial charge in [-0.3, -0.25) is 9.48 Å². The first-order chi connectivity index (χ1) is 16.8. The van der Waals surface area contributed by atoms with Crippen LogP contribution in [0.2, 0.25) is 10.0 Å². The van der Waals surface area contributed by atoms with Gasteiger partial charge in [0.05, 0.1) is 33.7 Å². The Kier molecular flexibility index (Phi) is 6.57. The van der Waals surface area contributed by atoms with E-state index in [-0.39, 0.29) is 17.0 Å². The van der Waals surface area contributed by atoms with E-state index in [9.17, 15) is 4.79 Å². The fraction of sp³-hybridized carbons (Fsp3) is 0.417. The molecule has 2 fully saturated rings. The van der Waals surface area contributed by atoms with Crippen molar-refractivity contribution in [2.45, 2.75) is 44.2 Å². The van der Waals surface area contributed by atoms with Crippen molar-refractivity contribution in [1.82, 2.24) is 24.6 Å². The van der Waals surface area contributed by atoms with Crippen molar-refractivity contribution in [2.75, 3.05) is 30.8 Å². The molecule has 11 heteroatoms. The van der Waals surface area contributed by atoms with Gasteiger partial charge in [0, 0.05) is 12.4 Å². The number of hydrogen-bond acceptors (Lipinski definition) is 7. The van der Waals surface area contributed by atoms with E-state index in [0.717, 1.165) is 44.5 Å². The maximum absolute atomic E-state index is 13.1. The van der Waals surface area contributed by atoms with Gasteiger partial charge in [0.1, 0.15) is 11.2 Å². The van der Waals surface area contributed by atoms with Gasteiger partial charge in [-0.25, -0.2) is 4.98 Å². The van der Waals surface area contributed by atoms with Gasteiger partial charge >= 0.3 is 0 Å². The molecular formula is C24H27Cl2N7O2. The molecule has 2 N–H and O–H groups in total. The summed E-state index contributed by atoms with van der Waals surface area (Å²) in [6.45, 7) is 4.10. The summed E-state index contributed by atoms with van der Waals surface area (Å²) in [5.41, 5.74) is 0.948. The van der Waals surface area contributed by atoms with Crippen molar-refractivity contribution in [1.29, 1.82) is 0 Å². The number of nitrogens with zero attached hydrogens (tertiary/aromatic N) is 5. The summed E-state index contributed by atoms with van der Waals surface area (Å²) in [7, 11) is 2.14. The van der Waals surface area contributed by atoms with E-state index in [1.54, 1.807) is 24.4 Å². The number of likely N-dealkylation sites (tertiary alicyclic amines) is 1. The molecule has 0 radical (unpaired) electrons. The number of amides is 1. The van der Waals surface area contributed by atoms with Crippen LogP contribution in [0.5, 0.6) is 5.88 Å². The zero-order chi connectivity index (χ0) is 24.6. The summed E-state index contributed by atoms with van der Waals surface area (Å²) < 4.78 is 8.10. The van der Waals surface area contributed by atoms with Crippen molar-refractivity contribution in [3.8, 4) is 5.88 Å². The molecule has 1 saturated carbocycles. The predicted molar refractivity (Wildman–Crippen MR) is 136 cm³/mol. The minimum absolute atomic E-state index is 0.196. The van der Waals surface area contributed by atoms with Crippen LogP contribution in [0.1, 0.15) is 49.0 Å². The van der Waals surface area contributed by atoms with E-state index in [1.807, 2.05) is 17.8 Å². The maximum atomic E-state index is 13.1. The van der Waals surface area contributed by atoms with Crippen LogP contribution in [0.3, 0.4) is 0 Å². The SMILES string of the molecule is CN1CCC(n2cc(Nc3ncc(C(=O)Nc4c(Cl)cccc4Cl)c(OC4(C)CC4)n3)cn2)CC1. The minimum Gasteiger partial charge on any atom is -0.471 e. The van der Waals surface area contributed by atoms with Crippen LogP contribution < -0.4 is 15.4 Å². The van der Waals surface area contributed by atoms with Gasteiger partial charge in [0.15, 0.2) is 0 Å². The van der Waals surface area contributed by atoms with Crippen LogP contribution in [-0.2, 0) is 0 Å². The molecule has 3 aromatic rings. The zero-order valence-electron chi connectivity index (χ0n) is 19.6. The van der Waals surface area contributed by atoms with Gasteiger partial charge in [-0.2, -0.15) is 10.1 Å². The van der Waals surface area contributed by atoms with Gasteiger partial charge in [-0.05, 0) is 64.9 Å². The number of para-hydroxylation sites is 1. The van der Waals surface area contributed by atoms with E-state index < -0.39 is 5.91 Å². The van der Waals surface area contributed by atoms with Crippen molar-refractivity contribution < 1.29 is 9.53 Å². The Morgan fingerprint density at radius 1 is 1.17 bits per heavy atom. The first-order valence-electron chi connectivity index (χ1n) is 11.6. The molecule has 0 spiro atoms. The lowest BCUT2D eigenvalue weighted by Gasteiger charge is -2.28. The molecule has 5 rings (SSSR count). The Hall–Kier alpha value is -2.88. The number of nitrogens with one attached hydrogen (secondary N) is 2. The van der Waals surface area contributed by atoms with Gasteiger partial charge in [0.25, 0.3) is 5.91 Å². The first-order valence-corrected chi connectivity index (χ1v) is 12.4. The molecule has 1 saturated heterocycles. The molecule has 1 aliphatic carbocycles. The quantitative estimate of drug-likeness (QED) is 0.447. The predicted octanol–water partition coefficient (Wildman–Crippen LogP) is 5.17. The van der Waals surface area contributed by atoms with Crippen LogP contribution in [0, 0.1) is 0 Å². The number of rotatable bonds is 7. The average Bonchev–Trinajstić information content (AvgIpc) is 3.36. The normalized spacial score (nSPS) is 17.7. The molecule has 0 atom stereocenters. The second kappa shape index (κ2) is 9.64. The molecule has 3 heterocycles. The molecule has 35 heavy (non-hydrogen) atoms. The Balaban J connectivity index is 1.35. The number of hydrogen-bond donors (Lipinski definition) is 2. The first kappa shape index (κ1) is 23.8. The number of piperidine rings is 1. The molecule has 0 bridgehead atoms. The number of carbonyl (C=O) groups is 1. The Bertz CT molecular complexity index is 1220. The van der Waals surface area contributed by atoms with E-state index in [1.165, 1.54) is 6.20 Å². The highest BCUT2D eigenvalue weighted by atomic mass is 35.5. The lowest BCUT2D eigenvalue weighted by atomic mass is 10.1. The summed E-state index contributed by atoms with van der Waals surface area (Å²) >= 11 is 12.4. The van der Waals surface area contributed by atoms with Gasteiger partial charge in [0.2, 0.25) is 11.8 Å². The monoisotopic (exact) mass is 515 g/mol. The summed E-state index contributed by atoms with van der Waals surface area (Å²) in [5, 5.41) is 11.1. The smallest absolute Gasteiger partial charge is 0.262 e. The van der Waals surface area contributed by atoms with Crippen LogP contribution in [-0.4, -0.2) is 56.3 Å². The Labute approximate surface area is 213 Å². The number of halogens is 2. The number of ether oxygens (including phenoxy) is 1. The summed E-state index contributed by atoms with van der Waals surface area (Å²) in [6, 6.07) is 5.39. The largest absolute Gasteiger partial charge is 0.471 e. The van der Waals surface area contributed by atoms with E-state index >= 15 is 0 Å². The average molecular weight is 516 g/mol. The Morgan fingerprint density at radius 2 is 1.89 bits per heavy atom. The lowest BCUT2D eigenvalue weighted by molar-refractivity contribution is 0.101. The van der Waals surface area contributed by atoms with Crippen LogP contribution in [0.25, 0.3) is 0 Å². The van der Waals surface area contributed by atoms with E-state index in [2.05, 4.69) is 37.6 Å². The lowest BCUT2D eigenvalue weighted by Crippen LogP contribution is -2.31. The third kappa shape index (κ3) is 5.52. The molecule has 2 aromatic heterocycles. The van der Waals surface area contributed by atoms with Crippen molar-refractivity contribution in [3.05, 3.63) is 52.4 Å². The highest BCUT2D eigenvalue weighted by Gasteiger charge is 2.41. The van der Waals surface area contributed by atoms with Crippen LogP contribution in [0.4, 0.5) is 17.3 Å². The highest BCUT2D eigenvalue weighted by molar-refractivity contribution is 6.40. The number of benzene rings is 1. The number of carbonyl (C=O) groups excluding carboxylic acids is 1. The fourth-order valence-corrected chi connectivity index (χ4v) is 4.45. The molecule has 1 aliphatic heterocycles. The molecule has 9 nitrogen and oxygen atoms in total. The highest BCUT2D eigenvalue weighted by Crippen LogP contribution is 2.40. The van der Waals surface area contributed by atoms with E-state index in [4.69, 9.17) is 27.9 Å². The number of anilines is 3. The molecule has 0 unspecified atom stereocenters. The standard InChI is InChI=1S/C24H27Cl2N7O2/c1-24(8-9-24)35-22-17(21(34)30-20-18(25)4-3-5-19(20)26)13-27-23(31-22)29-15-12-28-33(14-15)16-6-10-32(2)11-7-16/h3-5,12-14,16H,6-11H2,1-2H3,(H,30,34)(H,27,29,31). The fourth-order valence-electron chi connectivity index (χ4n) is 3.96. The molecule has 184 valence electrons. The molecule has 1 aromatic carbocycles. The zero-order valence-corrected chi connectivity index (χ0v) is 21.1. The molecular weight excluding hydrogens is 489 g/mol. The third-order valence-electron chi connectivity index (χ3n) is 6.42. The van der Waals surface area contributed by atoms with Crippen LogP contribution >= 0.6 is 23.2 Å². The second-order valence-corrected chi connectivity index (χ2v) is 10.2. The van der Waals surface area contributed by atoms with Crippen molar-refractivity contribution in [3.63, 3.8) is 0 Å².